The smallest absolute Gasteiger partial charge is 0.260 e. The lowest BCUT2D eigenvalue weighted by Crippen LogP contribution is -2.35. The van der Waals surface area contributed by atoms with Crippen molar-refractivity contribution in [1.82, 2.24) is 19.4 Å². The highest BCUT2D eigenvalue weighted by Gasteiger charge is 2.19. The van der Waals surface area contributed by atoms with Gasteiger partial charge in [-0.05, 0) is 70.0 Å². The van der Waals surface area contributed by atoms with Crippen molar-refractivity contribution in [2.24, 2.45) is 0 Å². The summed E-state index contributed by atoms with van der Waals surface area (Å²) >= 11 is -2.44. The van der Waals surface area contributed by atoms with Gasteiger partial charge < -0.3 is 28.0 Å². The quantitative estimate of drug-likeness (QED) is 0.441. The van der Waals surface area contributed by atoms with Gasteiger partial charge in [-0.1, -0.05) is 6.92 Å². The molecule has 3 aromatic rings. The molecule has 3 heterocycles. The number of aromatic nitrogens is 3. The normalized spacial score (nSPS) is 15.2. The van der Waals surface area contributed by atoms with Crippen molar-refractivity contribution in [3.8, 4) is 17.1 Å². The summed E-state index contributed by atoms with van der Waals surface area (Å²) in [6.07, 6.45) is 5.15. The number of rotatable bonds is 10. The van der Waals surface area contributed by atoms with E-state index in [0.717, 1.165) is 44.5 Å². The van der Waals surface area contributed by atoms with Crippen molar-refractivity contribution >= 4 is 28.0 Å². The number of ether oxygens (including phenoxy) is 1. The Morgan fingerprint density at radius 1 is 1.24 bits per heavy atom. The van der Waals surface area contributed by atoms with Crippen LogP contribution in [0.25, 0.3) is 22.4 Å². The van der Waals surface area contributed by atoms with E-state index < -0.39 is 11.3 Å². The van der Waals surface area contributed by atoms with E-state index in [0.29, 0.717) is 53.6 Å². The van der Waals surface area contributed by atoms with Gasteiger partial charge >= 0.3 is 0 Å². The number of aryl methyl sites for hydroxylation is 2. The van der Waals surface area contributed by atoms with Crippen LogP contribution in [0, 0.1) is 6.92 Å². The molecule has 1 N–H and O–H groups in total. The first-order valence-corrected chi connectivity index (χ1v) is 12.9. The van der Waals surface area contributed by atoms with Gasteiger partial charge in [-0.2, -0.15) is 0 Å². The number of anilines is 1. The summed E-state index contributed by atoms with van der Waals surface area (Å²) in [5.74, 6) is 0.893. The molecular formula is C24H32N5O4S-. The molecule has 1 fully saturated rings. The zero-order valence-electron chi connectivity index (χ0n) is 20.0. The third-order valence-corrected chi connectivity index (χ3v) is 6.94. The lowest BCUT2D eigenvalue weighted by molar-refractivity contribution is 0.341. The van der Waals surface area contributed by atoms with E-state index in [1.54, 1.807) is 18.2 Å². The molecule has 0 aliphatic carbocycles. The maximum absolute atomic E-state index is 13.0. The molecule has 0 radical (unpaired) electrons. The highest BCUT2D eigenvalue weighted by molar-refractivity contribution is 7.80. The van der Waals surface area contributed by atoms with Crippen LogP contribution in [0.2, 0.25) is 0 Å². The van der Waals surface area contributed by atoms with Crippen LogP contribution in [0.15, 0.2) is 29.2 Å². The summed E-state index contributed by atoms with van der Waals surface area (Å²) in [5.41, 5.74) is 2.32. The average molecular weight is 487 g/mol. The summed E-state index contributed by atoms with van der Waals surface area (Å²) in [7, 11) is 0. The summed E-state index contributed by atoms with van der Waals surface area (Å²) in [6.45, 7) is 10.0. The molecule has 1 aromatic carbocycles. The topological polar surface area (TPSA) is 107 Å². The second kappa shape index (κ2) is 10.7. The molecule has 0 amide bonds. The predicted molar refractivity (Wildman–Crippen MR) is 134 cm³/mol. The first-order valence-electron chi connectivity index (χ1n) is 11.9. The number of benzene rings is 1. The van der Waals surface area contributed by atoms with Crippen molar-refractivity contribution in [3.05, 3.63) is 40.3 Å². The Labute approximate surface area is 202 Å². The van der Waals surface area contributed by atoms with E-state index in [1.165, 1.54) is 4.31 Å². The van der Waals surface area contributed by atoms with E-state index in [2.05, 4.69) is 16.8 Å². The van der Waals surface area contributed by atoms with E-state index in [-0.39, 0.29) is 5.56 Å². The SMILES string of the molecule is CCCn1cc(C)c2c(=O)[nH]c(-c3cc(N(CCN4CCCC4)S(=O)[O-])ccc3OCC)nc21. The van der Waals surface area contributed by atoms with Gasteiger partial charge in [0.05, 0.1) is 17.6 Å². The second-order valence-corrected chi connectivity index (χ2v) is 9.48. The van der Waals surface area contributed by atoms with E-state index in [1.807, 2.05) is 24.6 Å². The Bertz CT molecular complexity index is 1230. The Balaban J connectivity index is 1.77. The first-order chi connectivity index (χ1) is 16.4. The fourth-order valence-electron chi connectivity index (χ4n) is 4.59. The molecule has 1 atom stereocenters. The molecule has 2 aromatic heterocycles. The number of hydrogen-bond acceptors (Lipinski definition) is 6. The largest absolute Gasteiger partial charge is 0.755 e. The van der Waals surface area contributed by atoms with Crippen LogP contribution in [0.4, 0.5) is 5.69 Å². The highest BCUT2D eigenvalue weighted by Crippen LogP contribution is 2.33. The zero-order valence-corrected chi connectivity index (χ0v) is 20.8. The van der Waals surface area contributed by atoms with E-state index in [9.17, 15) is 13.6 Å². The van der Waals surface area contributed by atoms with Crippen LogP contribution < -0.4 is 14.6 Å². The summed E-state index contributed by atoms with van der Waals surface area (Å²) in [4.78, 5) is 22.9. The Morgan fingerprint density at radius 3 is 2.68 bits per heavy atom. The van der Waals surface area contributed by atoms with Crippen LogP contribution in [0.5, 0.6) is 5.75 Å². The van der Waals surface area contributed by atoms with Crippen molar-refractivity contribution in [1.29, 1.82) is 0 Å². The van der Waals surface area contributed by atoms with Gasteiger partial charge in [-0.25, -0.2) is 4.98 Å². The maximum Gasteiger partial charge on any atom is 0.260 e. The standard InChI is InChI=1S/C24H33N5O4S/c1-4-10-28-16-17(3)21-23(28)25-22(26-24(21)30)19-15-18(8-9-20(19)33-5-2)29(34(31)32)14-13-27-11-6-7-12-27/h8-9,15-16H,4-7,10-14H2,1-3H3,(H,31,32)(H,25,26,30)/p-1. The minimum absolute atomic E-state index is 0.224. The molecule has 4 rings (SSSR count). The molecule has 1 unspecified atom stereocenters. The minimum Gasteiger partial charge on any atom is -0.755 e. The van der Waals surface area contributed by atoms with Crippen LogP contribution in [0.1, 0.15) is 38.7 Å². The monoisotopic (exact) mass is 486 g/mol. The predicted octanol–water partition coefficient (Wildman–Crippen LogP) is 3.21. The number of aromatic amines is 1. The maximum atomic E-state index is 13.0. The van der Waals surface area contributed by atoms with E-state index >= 15 is 0 Å². The molecule has 34 heavy (non-hydrogen) atoms. The number of hydrogen-bond donors (Lipinski definition) is 1. The Hall–Kier alpha value is -2.69. The molecule has 0 spiro atoms. The number of nitrogens with zero attached hydrogens (tertiary/aromatic N) is 4. The van der Waals surface area contributed by atoms with Crippen LogP contribution in [0.3, 0.4) is 0 Å². The number of H-pyrrole nitrogens is 1. The van der Waals surface area contributed by atoms with Gasteiger partial charge in [0, 0.05) is 42.8 Å². The first kappa shape index (κ1) is 24.4. The molecule has 1 saturated heterocycles. The fraction of sp³-hybridized carbons (Fsp3) is 0.500. The van der Waals surface area contributed by atoms with Gasteiger partial charge in [0.15, 0.2) is 0 Å². The van der Waals surface area contributed by atoms with Crippen molar-refractivity contribution < 1.29 is 13.5 Å². The van der Waals surface area contributed by atoms with Crippen molar-refractivity contribution in [3.63, 3.8) is 0 Å². The molecule has 0 saturated carbocycles. The number of fused-ring (bicyclic) bond motifs is 1. The average Bonchev–Trinajstić information content (AvgIpc) is 3.43. The van der Waals surface area contributed by atoms with E-state index in [4.69, 9.17) is 9.72 Å². The van der Waals surface area contributed by atoms with Crippen LogP contribution >= 0.6 is 0 Å². The Kier molecular flexibility index (Phi) is 7.70. The van der Waals surface area contributed by atoms with Gasteiger partial charge in [0.25, 0.3) is 5.56 Å². The highest BCUT2D eigenvalue weighted by atomic mass is 32.2. The van der Waals surface area contributed by atoms with Gasteiger partial charge in [0.2, 0.25) is 0 Å². The van der Waals surface area contributed by atoms with Gasteiger partial charge in [-0.15, -0.1) is 0 Å². The van der Waals surface area contributed by atoms with Crippen molar-refractivity contribution in [2.45, 2.75) is 46.6 Å². The van der Waals surface area contributed by atoms with Gasteiger partial charge in [0.1, 0.15) is 17.2 Å². The molecule has 1 aliphatic rings. The lowest BCUT2D eigenvalue weighted by Gasteiger charge is -2.29. The fourth-order valence-corrected chi connectivity index (χ4v) is 5.11. The second-order valence-electron chi connectivity index (χ2n) is 8.60. The Morgan fingerprint density at radius 2 is 2.00 bits per heavy atom. The van der Waals surface area contributed by atoms with Gasteiger partial charge in [-0.3, -0.25) is 9.00 Å². The van der Waals surface area contributed by atoms with Crippen LogP contribution in [-0.2, 0) is 17.8 Å². The number of likely N-dealkylation sites (tertiary alicyclic amines) is 1. The molecule has 184 valence electrons. The minimum atomic E-state index is -2.44. The summed E-state index contributed by atoms with van der Waals surface area (Å²) in [6, 6.07) is 5.20. The molecular weight excluding hydrogens is 454 g/mol. The third-order valence-electron chi connectivity index (χ3n) is 6.18. The molecule has 9 nitrogen and oxygen atoms in total. The summed E-state index contributed by atoms with van der Waals surface area (Å²) in [5, 5.41) is 0.569. The molecule has 0 bridgehead atoms. The van der Waals surface area contributed by atoms with Crippen molar-refractivity contribution in [2.75, 3.05) is 37.1 Å². The molecule has 1 aliphatic heterocycles. The lowest BCUT2D eigenvalue weighted by atomic mass is 10.1. The molecule has 10 heteroatoms. The zero-order chi connectivity index (χ0) is 24.2. The third kappa shape index (κ3) is 5.03. The van der Waals surface area contributed by atoms with Crippen LogP contribution in [-0.4, -0.2) is 61.0 Å². The number of nitrogens with one attached hydrogen (secondary N) is 1. The summed E-state index contributed by atoms with van der Waals surface area (Å²) < 4.78 is 33.4.